The molecule has 2 saturated heterocycles. The largest absolute Gasteiger partial charge is 0.465 e. The number of amides is 2. The van der Waals surface area contributed by atoms with Crippen LogP contribution in [0.25, 0.3) is 0 Å². The van der Waals surface area contributed by atoms with E-state index >= 15 is 0 Å². The average Bonchev–Trinajstić information content (AvgIpc) is 3.03. The molecule has 0 aliphatic carbocycles. The third-order valence-electron chi connectivity index (χ3n) is 4.92. The molecule has 0 saturated carbocycles. The Balaban J connectivity index is 1.47. The van der Waals surface area contributed by atoms with Crippen molar-refractivity contribution in [3.05, 3.63) is 29.8 Å². The van der Waals surface area contributed by atoms with Crippen LogP contribution in [0.3, 0.4) is 0 Å². The van der Waals surface area contributed by atoms with Gasteiger partial charge in [0.05, 0.1) is 19.7 Å². The maximum atomic E-state index is 12.2. The van der Waals surface area contributed by atoms with E-state index in [2.05, 4.69) is 9.80 Å². The number of piperazine rings is 1. The summed E-state index contributed by atoms with van der Waals surface area (Å²) in [5.74, 6) is -0.700. The molecule has 9 nitrogen and oxygen atoms in total. The molecule has 2 fully saturated rings. The lowest BCUT2D eigenvalue weighted by atomic mass is 10.2. The molecule has 0 aromatic heterocycles. The Morgan fingerprint density at radius 3 is 2.39 bits per heavy atom. The van der Waals surface area contributed by atoms with Gasteiger partial charge in [-0.25, -0.2) is 4.79 Å². The van der Waals surface area contributed by atoms with Gasteiger partial charge in [0, 0.05) is 44.0 Å². The van der Waals surface area contributed by atoms with Gasteiger partial charge in [0.25, 0.3) is 0 Å². The Morgan fingerprint density at radius 1 is 1.14 bits per heavy atom. The zero-order chi connectivity index (χ0) is 20.1. The summed E-state index contributed by atoms with van der Waals surface area (Å²) in [6.07, 6.45) is -0.613. The van der Waals surface area contributed by atoms with Gasteiger partial charge < -0.3 is 15.2 Å². The molecule has 9 heteroatoms. The third-order valence-corrected chi connectivity index (χ3v) is 4.92. The summed E-state index contributed by atoms with van der Waals surface area (Å²) in [6.45, 7) is 6.78. The van der Waals surface area contributed by atoms with E-state index in [-0.39, 0.29) is 12.1 Å². The standard InChI is InChI=1S/C19H26N4O5/c1-2-27-17(24)13-22-9-7-21(8-10-22)11-16-12-23(19(26)28-16)15-5-3-14(4-6-15)18(20)25/h3-6,16H,2,7-13H2,1H3,(H2,20,25)/t16-/m0/s1. The van der Waals surface area contributed by atoms with Crippen molar-refractivity contribution in [1.29, 1.82) is 0 Å². The van der Waals surface area contributed by atoms with Crippen LogP contribution in [0.4, 0.5) is 10.5 Å². The van der Waals surface area contributed by atoms with Crippen LogP contribution in [0, 0.1) is 0 Å². The first-order valence-electron chi connectivity index (χ1n) is 9.44. The second-order valence-corrected chi connectivity index (χ2v) is 6.91. The van der Waals surface area contributed by atoms with Crippen LogP contribution in [0.5, 0.6) is 0 Å². The first kappa shape index (κ1) is 20.1. The Bertz CT molecular complexity index is 716. The SMILES string of the molecule is CCOC(=O)CN1CCN(C[C@H]2CN(c3ccc(C(N)=O)cc3)C(=O)O2)CC1. The minimum atomic E-state index is -0.504. The van der Waals surface area contributed by atoms with E-state index in [0.717, 1.165) is 26.2 Å². The number of nitrogens with zero attached hydrogens (tertiary/aromatic N) is 3. The number of ether oxygens (including phenoxy) is 2. The molecule has 1 atom stereocenters. The van der Waals surface area contributed by atoms with Crippen LogP contribution in [-0.4, -0.2) is 86.3 Å². The lowest BCUT2D eigenvalue weighted by molar-refractivity contribution is -0.144. The maximum Gasteiger partial charge on any atom is 0.414 e. The summed E-state index contributed by atoms with van der Waals surface area (Å²) in [5.41, 5.74) is 6.32. The fourth-order valence-corrected chi connectivity index (χ4v) is 3.44. The maximum absolute atomic E-state index is 12.2. The number of rotatable bonds is 7. The zero-order valence-corrected chi connectivity index (χ0v) is 16.0. The van der Waals surface area contributed by atoms with Gasteiger partial charge in [0.15, 0.2) is 0 Å². The number of hydrogen-bond donors (Lipinski definition) is 1. The Kier molecular flexibility index (Phi) is 6.48. The Hall–Kier alpha value is -2.65. The summed E-state index contributed by atoms with van der Waals surface area (Å²) >= 11 is 0. The molecule has 1 aromatic carbocycles. The zero-order valence-electron chi connectivity index (χ0n) is 16.0. The van der Waals surface area contributed by atoms with Crippen LogP contribution in [0.1, 0.15) is 17.3 Å². The number of cyclic esters (lactones) is 1. The predicted molar refractivity (Wildman–Crippen MR) is 102 cm³/mol. The molecular formula is C19H26N4O5. The van der Waals surface area contributed by atoms with Crippen molar-refractivity contribution < 1.29 is 23.9 Å². The Labute approximate surface area is 163 Å². The van der Waals surface area contributed by atoms with E-state index in [0.29, 0.717) is 37.5 Å². The number of anilines is 1. The van der Waals surface area contributed by atoms with E-state index in [1.807, 2.05) is 0 Å². The Morgan fingerprint density at radius 2 is 1.79 bits per heavy atom. The van der Waals surface area contributed by atoms with Crippen LogP contribution < -0.4 is 10.6 Å². The molecule has 3 rings (SSSR count). The summed E-state index contributed by atoms with van der Waals surface area (Å²) in [7, 11) is 0. The van der Waals surface area contributed by atoms with E-state index in [4.69, 9.17) is 15.2 Å². The molecule has 0 bridgehead atoms. The highest BCUT2D eigenvalue weighted by Gasteiger charge is 2.34. The molecule has 0 unspecified atom stereocenters. The fraction of sp³-hybridized carbons (Fsp3) is 0.526. The lowest BCUT2D eigenvalue weighted by Gasteiger charge is -2.34. The van der Waals surface area contributed by atoms with Crippen molar-refractivity contribution in [3.63, 3.8) is 0 Å². The summed E-state index contributed by atoms with van der Waals surface area (Å²) < 4.78 is 10.5. The van der Waals surface area contributed by atoms with Crippen LogP contribution in [-0.2, 0) is 14.3 Å². The monoisotopic (exact) mass is 390 g/mol. The van der Waals surface area contributed by atoms with Crippen molar-refractivity contribution in [2.45, 2.75) is 13.0 Å². The first-order chi connectivity index (χ1) is 13.5. The normalized spacial score (nSPS) is 20.8. The summed E-state index contributed by atoms with van der Waals surface area (Å²) in [4.78, 5) is 40.8. The van der Waals surface area contributed by atoms with Crippen molar-refractivity contribution >= 4 is 23.7 Å². The molecule has 2 aliphatic rings. The van der Waals surface area contributed by atoms with E-state index in [9.17, 15) is 14.4 Å². The predicted octanol–water partition coefficient (Wildman–Crippen LogP) is 0.291. The molecule has 2 amide bonds. The fourth-order valence-electron chi connectivity index (χ4n) is 3.44. The topological polar surface area (TPSA) is 105 Å². The van der Waals surface area contributed by atoms with E-state index in [1.165, 1.54) is 0 Å². The molecule has 1 aromatic rings. The van der Waals surface area contributed by atoms with Crippen molar-refractivity contribution in [1.82, 2.24) is 9.80 Å². The minimum Gasteiger partial charge on any atom is -0.465 e. The first-order valence-corrected chi connectivity index (χ1v) is 9.44. The smallest absolute Gasteiger partial charge is 0.414 e. The molecule has 2 heterocycles. The van der Waals surface area contributed by atoms with Gasteiger partial charge in [-0.2, -0.15) is 0 Å². The molecule has 2 aliphatic heterocycles. The van der Waals surface area contributed by atoms with Gasteiger partial charge >= 0.3 is 12.1 Å². The number of primary amides is 1. The van der Waals surface area contributed by atoms with Gasteiger partial charge in [-0.15, -0.1) is 0 Å². The molecular weight excluding hydrogens is 364 g/mol. The molecule has 0 radical (unpaired) electrons. The van der Waals surface area contributed by atoms with E-state index < -0.39 is 12.0 Å². The second kappa shape index (κ2) is 9.03. The highest BCUT2D eigenvalue weighted by molar-refractivity contribution is 5.94. The van der Waals surface area contributed by atoms with E-state index in [1.54, 1.807) is 36.1 Å². The molecule has 0 spiro atoms. The number of esters is 1. The molecule has 152 valence electrons. The van der Waals surface area contributed by atoms with Gasteiger partial charge in [-0.3, -0.25) is 24.3 Å². The minimum absolute atomic E-state index is 0.196. The van der Waals surface area contributed by atoms with Gasteiger partial charge in [-0.1, -0.05) is 0 Å². The number of carbonyl (C=O) groups excluding carboxylic acids is 3. The van der Waals surface area contributed by atoms with Crippen LogP contribution in [0.2, 0.25) is 0 Å². The quantitative estimate of drug-likeness (QED) is 0.667. The van der Waals surface area contributed by atoms with Crippen molar-refractivity contribution in [2.75, 3.05) is 57.3 Å². The van der Waals surface area contributed by atoms with Crippen molar-refractivity contribution in [3.8, 4) is 0 Å². The van der Waals surface area contributed by atoms with Crippen LogP contribution >= 0.6 is 0 Å². The van der Waals surface area contributed by atoms with Gasteiger partial charge in [0.2, 0.25) is 5.91 Å². The number of hydrogen-bond acceptors (Lipinski definition) is 7. The number of carbonyl (C=O) groups is 3. The highest BCUT2D eigenvalue weighted by atomic mass is 16.6. The van der Waals surface area contributed by atoms with Crippen molar-refractivity contribution in [2.24, 2.45) is 5.73 Å². The van der Waals surface area contributed by atoms with Gasteiger partial charge in [0.1, 0.15) is 6.10 Å². The number of benzene rings is 1. The lowest BCUT2D eigenvalue weighted by Crippen LogP contribution is -2.50. The number of nitrogens with two attached hydrogens (primary N) is 1. The molecule has 2 N–H and O–H groups in total. The summed E-state index contributed by atoms with van der Waals surface area (Å²) in [6, 6.07) is 6.58. The second-order valence-electron chi connectivity index (χ2n) is 6.91. The third kappa shape index (κ3) is 4.99. The highest BCUT2D eigenvalue weighted by Crippen LogP contribution is 2.22. The summed E-state index contributed by atoms with van der Waals surface area (Å²) in [5, 5.41) is 0. The molecule has 28 heavy (non-hydrogen) atoms. The average molecular weight is 390 g/mol. The van der Waals surface area contributed by atoms with Gasteiger partial charge in [-0.05, 0) is 31.2 Å². The van der Waals surface area contributed by atoms with Crippen LogP contribution in [0.15, 0.2) is 24.3 Å².